The Morgan fingerprint density at radius 2 is 1.10 bits per heavy atom. The summed E-state index contributed by atoms with van der Waals surface area (Å²) in [4.78, 5) is 36.6. The van der Waals surface area contributed by atoms with E-state index in [1.165, 1.54) is 49.5 Å². The zero-order chi connectivity index (χ0) is 52.0. The number of ether oxygens (including phenoxy) is 2. The van der Waals surface area contributed by atoms with Crippen LogP contribution in [0, 0.1) is 31.9 Å². The van der Waals surface area contributed by atoms with Crippen molar-refractivity contribution in [2.45, 2.75) is 79.3 Å². The summed E-state index contributed by atoms with van der Waals surface area (Å²) in [5.41, 5.74) is 10.8. The van der Waals surface area contributed by atoms with Crippen molar-refractivity contribution >= 4 is 114 Å². The normalized spacial score (nSPS) is 11.1. The fraction of sp³-hybridized carbons (Fsp3) is 0.275. The number of nitrogen functional groups attached to an aromatic ring is 1. The molecular weight excluding hydrogens is 1050 g/mol. The lowest BCUT2D eigenvalue weighted by Crippen LogP contribution is -2.38. The molecule has 0 unspecified atom stereocenters. The molecule has 6 rings (SSSR count). The van der Waals surface area contributed by atoms with Crippen molar-refractivity contribution in [3.63, 3.8) is 0 Å². The van der Waals surface area contributed by atoms with Crippen LogP contribution in [0.2, 0.25) is 20.1 Å². The van der Waals surface area contributed by atoms with Gasteiger partial charge in [-0.1, -0.05) is 98.4 Å². The second-order valence-corrected chi connectivity index (χ2v) is 17.2. The van der Waals surface area contributed by atoms with E-state index in [1.54, 1.807) is 56.3 Å². The van der Waals surface area contributed by atoms with Crippen LogP contribution in [0.5, 0.6) is 11.5 Å². The highest BCUT2D eigenvalue weighted by molar-refractivity contribution is 7.59. The van der Waals surface area contributed by atoms with Crippen molar-refractivity contribution in [2.24, 2.45) is 0 Å². The molecule has 0 heterocycles. The molecule has 2 amide bonds. The molecule has 6 aromatic rings. The molecule has 0 bridgehead atoms. The molecule has 0 fully saturated rings. The second kappa shape index (κ2) is 29.1. The maximum absolute atomic E-state index is 15.2. The van der Waals surface area contributed by atoms with Crippen molar-refractivity contribution in [2.75, 3.05) is 35.5 Å². The van der Waals surface area contributed by atoms with Crippen LogP contribution >= 0.6 is 73.4 Å². The zero-order valence-corrected chi connectivity index (χ0v) is 45.8. The quantitative estimate of drug-likeness (QED) is 0.0513. The number of amides is 2. The molecule has 388 valence electrons. The number of carbonyl (C=O) groups is 1. The first-order valence-electron chi connectivity index (χ1n) is 22.0. The third kappa shape index (κ3) is 15.7. The Kier molecular flexibility index (Phi) is 25.2. The number of nitrogens with zero attached hydrogens (tertiary/aromatic N) is 3. The number of halogens is 6. The maximum Gasteiger partial charge on any atom is 0.327 e. The molecule has 0 aromatic heterocycles. The van der Waals surface area contributed by atoms with Crippen molar-refractivity contribution in [3.05, 3.63) is 182 Å². The average Bonchev–Trinajstić information content (AvgIpc) is 3.33. The number of hydrogen-bond acceptors (Lipinski definition) is 9. The van der Waals surface area contributed by atoms with E-state index < -0.39 is 27.7 Å². The van der Waals surface area contributed by atoms with E-state index in [-0.39, 0.29) is 73.0 Å². The molecule has 0 saturated heterocycles. The van der Waals surface area contributed by atoms with Gasteiger partial charge in [-0.2, -0.15) is 27.0 Å². The van der Waals surface area contributed by atoms with Crippen LogP contribution in [0.3, 0.4) is 0 Å². The van der Waals surface area contributed by atoms with Gasteiger partial charge in [0.25, 0.3) is 11.4 Å². The minimum absolute atomic E-state index is 0. The predicted octanol–water partition coefficient (Wildman–Crippen LogP) is 15.8. The molecule has 0 radical (unpaired) electrons. The van der Waals surface area contributed by atoms with E-state index >= 15 is 4.39 Å². The Hall–Kier alpha value is -5.69. The number of carbonyl (C=O) groups excluding carboxylic acids is 1. The van der Waals surface area contributed by atoms with Crippen LogP contribution in [0.15, 0.2) is 97.1 Å². The van der Waals surface area contributed by atoms with Gasteiger partial charge in [0, 0.05) is 46.0 Å². The number of nitrogens with one attached hydrogen (secondary N) is 2. The molecule has 72 heavy (non-hydrogen) atoms. The number of urea groups is 1. The lowest BCUT2D eigenvalue weighted by molar-refractivity contribution is -0.385. The molecule has 0 aliphatic heterocycles. The summed E-state index contributed by atoms with van der Waals surface area (Å²) in [7, 11) is 2.93. The van der Waals surface area contributed by atoms with Crippen LogP contribution in [-0.2, 0) is 25.7 Å². The molecule has 21 heteroatoms. The summed E-state index contributed by atoms with van der Waals surface area (Å²) >= 11 is 24.2. The average molecular weight is 1110 g/mol. The van der Waals surface area contributed by atoms with E-state index in [0.717, 1.165) is 11.1 Å². The van der Waals surface area contributed by atoms with Crippen molar-refractivity contribution in [3.8, 4) is 11.5 Å². The standard InChI is InChI=1S/C26H26Cl2FN3O4.C15H15ClFNO.C10H13ClN2O2.2H2S/c1-5-19-21(28)14-24(32(34)35)20(6-2)25(19)30-26(33)31(15(3)16-7-9-17(27)10-8-16)23-12-11-18(36-4)13-22(23)29;1-10(11-3-5-12(16)6-4-11)18-15-8-7-13(19-2)9-14(15)17;1-3-6-8(11)5-9(13(14)15)7(4-2)10(6)12;;/h7-15H,5-6H2,1-4H3,(H,30,33);3-10,18H,1-2H3;5H,3-4,12H2,1-2H3;2*1H2/t15-;10-;;;/m00.../s1. The minimum Gasteiger partial charge on any atom is -0.497 e. The number of hydrogen-bond donors (Lipinski definition) is 3. The SMILES string of the molecule is CCc1c(Cl)cc([N+](=O)[O-])c(CC)c1N.CCc1c(Cl)cc([N+](=O)[O-])c(CC)c1NC(=O)N(c1ccc(OC)cc1F)[C@@H](C)c1ccc(Cl)cc1.COc1ccc(N[C@@H](C)c2ccc(Cl)cc2)c(F)c1.S.S. The Morgan fingerprint density at radius 3 is 1.54 bits per heavy atom. The first-order valence-corrected chi connectivity index (χ1v) is 23.5. The third-order valence-electron chi connectivity index (χ3n) is 11.3. The van der Waals surface area contributed by atoms with Crippen LogP contribution in [0.4, 0.5) is 47.7 Å². The first-order chi connectivity index (χ1) is 33.2. The summed E-state index contributed by atoms with van der Waals surface area (Å²) in [5.74, 6) is -0.209. The van der Waals surface area contributed by atoms with Crippen LogP contribution in [0.1, 0.15) is 87.0 Å². The molecule has 13 nitrogen and oxygen atoms in total. The van der Waals surface area contributed by atoms with Gasteiger partial charge < -0.3 is 25.8 Å². The molecular formula is C51H58Cl4F2N6O7S2. The van der Waals surface area contributed by atoms with Crippen molar-refractivity contribution in [1.82, 2.24) is 0 Å². The predicted molar refractivity (Wildman–Crippen MR) is 300 cm³/mol. The number of anilines is 4. The van der Waals surface area contributed by atoms with Crippen molar-refractivity contribution < 1.29 is 32.9 Å². The van der Waals surface area contributed by atoms with E-state index in [4.69, 9.17) is 61.6 Å². The number of methoxy groups -OCH3 is 2. The molecule has 0 spiro atoms. The second-order valence-electron chi connectivity index (χ2n) is 15.5. The first kappa shape index (κ1) is 62.4. The molecule has 2 atom stereocenters. The Labute approximate surface area is 452 Å². The van der Waals surface area contributed by atoms with E-state index in [9.17, 15) is 29.4 Å². The van der Waals surface area contributed by atoms with E-state index in [0.29, 0.717) is 79.5 Å². The summed E-state index contributed by atoms with van der Waals surface area (Å²) in [6.45, 7) is 11.1. The highest BCUT2D eigenvalue weighted by Gasteiger charge is 2.30. The van der Waals surface area contributed by atoms with Crippen LogP contribution < -0.4 is 30.7 Å². The number of nitro groups is 2. The topological polar surface area (TPSA) is 175 Å². The van der Waals surface area contributed by atoms with Crippen LogP contribution in [0.25, 0.3) is 0 Å². The number of rotatable bonds is 15. The van der Waals surface area contributed by atoms with Gasteiger partial charge in [-0.25, -0.2) is 13.6 Å². The Morgan fingerprint density at radius 1 is 0.653 bits per heavy atom. The van der Waals surface area contributed by atoms with Gasteiger partial charge >= 0.3 is 6.03 Å². The minimum atomic E-state index is -0.678. The van der Waals surface area contributed by atoms with Gasteiger partial charge in [-0.3, -0.25) is 25.1 Å². The molecule has 6 aromatic carbocycles. The smallest absolute Gasteiger partial charge is 0.327 e. The van der Waals surface area contributed by atoms with E-state index in [1.807, 2.05) is 52.0 Å². The largest absolute Gasteiger partial charge is 0.497 e. The highest BCUT2D eigenvalue weighted by Crippen LogP contribution is 2.39. The fourth-order valence-electron chi connectivity index (χ4n) is 7.55. The van der Waals surface area contributed by atoms with Gasteiger partial charge in [0.15, 0.2) is 5.82 Å². The Bertz CT molecular complexity index is 2820. The number of nitrogens with two attached hydrogens (primary N) is 1. The van der Waals surface area contributed by atoms with Gasteiger partial charge in [0.1, 0.15) is 17.3 Å². The van der Waals surface area contributed by atoms with E-state index in [2.05, 4.69) is 10.6 Å². The summed E-state index contributed by atoms with van der Waals surface area (Å²) in [6, 6.07) is 24.6. The fourth-order valence-corrected chi connectivity index (χ4v) is 8.47. The Balaban J connectivity index is 0.000000413. The van der Waals surface area contributed by atoms with Gasteiger partial charge in [-0.05, 0) is 110 Å². The summed E-state index contributed by atoms with van der Waals surface area (Å²) < 4.78 is 39.1. The molecule has 0 aliphatic rings. The van der Waals surface area contributed by atoms with Gasteiger partial charge in [-0.15, -0.1) is 0 Å². The maximum atomic E-state index is 15.2. The lowest BCUT2D eigenvalue weighted by Gasteiger charge is -2.31. The molecule has 0 aliphatic carbocycles. The van der Waals surface area contributed by atoms with Gasteiger partial charge in [0.05, 0.1) is 68.3 Å². The monoisotopic (exact) mass is 1110 g/mol. The number of nitro benzene ring substituents is 2. The summed E-state index contributed by atoms with van der Waals surface area (Å²) in [5, 5.41) is 30.2. The number of benzene rings is 6. The molecule has 4 N–H and O–H groups in total. The zero-order valence-electron chi connectivity index (χ0n) is 40.8. The molecule has 0 saturated carbocycles. The lowest BCUT2D eigenvalue weighted by atomic mass is 10.0. The highest BCUT2D eigenvalue weighted by atomic mass is 35.5. The third-order valence-corrected chi connectivity index (χ3v) is 12.5. The summed E-state index contributed by atoms with van der Waals surface area (Å²) in [6.07, 6.45) is 1.91. The van der Waals surface area contributed by atoms with Gasteiger partial charge in [0.2, 0.25) is 0 Å². The van der Waals surface area contributed by atoms with Crippen molar-refractivity contribution in [1.29, 1.82) is 0 Å². The van der Waals surface area contributed by atoms with Crippen LogP contribution in [-0.4, -0.2) is 30.1 Å².